The molecular weight excluding hydrogens is 489 g/mol. The van der Waals surface area contributed by atoms with E-state index in [0.717, 1.165) is 34.6 Å². The summed E-state index contributed by atoms with van der Waals surface area (Å²) in [5.41, 5.74) is 5.86. The van der Waals surface area contributed by atoms with Gasteiger partial charge in [-0.1, -0.05) is 12.1 Å². The number of carbonyl (C=O) groups excluding carboxylic acids is 2. The van der Waals surface area contributed by atoms with Crippen LogP contribution in [0.4, 0.5) is 18.9 Å². The van der Waals surface area contributed by atoms with Crippen LogP contribution in [-0.4, -0.2) is 51.5 Å². The molecule has 184 valence electrons. The van der Waals surface area contributed by atoms with Crippen molar-refractivity contribution in [3.8, 4) is 22.5 Å². The van der Waals surface area contributed by atoms with Crippen molar-refractivity contribution in [2.75, 3.05) is 17.7 Å². The molecule has 8 nitrogen and oxygen atoms in total. The Bertz CT molecular complexity index is 1240. The smallest absolute Gasteiger partial charge is 0.475 e. The van der Waals surface area contributed by atoms with E-state index in [1.807, 2.05) is 42.5 Å². The largest absolute Gasteiger partial charge is 0.490 e. The third kappa shape index (κ3) is 6.82. The molecule has 0 saturated carbocycles. The first-order valence-electron chi connectivity index (χ1n) is 10.3. The van der Waals surface area contributed by atoms with E-state index in [1.165, 1.54) is 0 Å². The maximum atomic E-state index is 12.0. The van der Waals surface area contributed by atoms with Crippen molar-refractivity contribution in [1.29, 1.82) is 0 Å². The lowest BCUT2D eigenvalue weighted by Gasteiger charge is -2.11. The van der Waals surface area contributed by atoms with Crippen molar-refractivity contribution >= 4 is 35.1 Å². The van der Waals surface area contributed by atoms with Crippen molar-refractivity contribution in [2.24, 2.45) is 0 Å². The van der Waals surface area contributed by atoms with E-state index in [-0.39, 0.29) is 24.1 Å². The molecule has 4 rings (SSSR count). The summed E-state index contributed by atoms with van der Waals surface area (Å²) < 4.78 is 31.7. The number of aromatic nitrogens is 2. The van der Waals surface area contributed by atoms with Crippen LogP contribution in [-0.2, 0) is 16.0 Å². The molecule has 0 aliphatic carbocycles. The Morgan fingerprint density at radius 1 is 1.14 bits per heavy atom. The third-order valence-corrected chi connectivity index (χ3v) is 5.07. The topological polar surface area (TPSA) is 124 Å². The number of carboxylic acid groups (broad SMARTS) is 1. The van der Waals surface area contributed by atoms with Gasteiger partial charge in [-0.05, 0) is 30.3 Å². The molecule has 0 unspecified atom stereocenters. The Kier molecular flexibility index (Phi) is 8.13. The number of benzene rings is 1. The Balaban J connectivity index is 0.000000429. The SMILES string of the molecule is O=C(CCCl)Nc1cccc(-c2cc(-c3cc4c([nH]3)CCNC4=O)ccn2)c1.O=C(O)C(F)(F)F. The molecule has 1 aromatic carbocycles. The Hall–Kier alpha value is -3.86. The number of anilines is 1. The van der Waals surface area contributed by atoms with Crippen molar-refractivity contribution in [1.82, 2.24) is 15.3 Å². The van der Waals surface area contributed by atoms with Gasteiger partial charge in [0.1, 0.15) is 0 Å². The van der Waals surface area contributed by atoms with E-state index < -0.39 is 12.1 Å². The van der Waals surface area contributed by atoms with E-state index in [0.29, 0.717) is 17.8 Å². The van der Waals surface area contributed by atoms with Gasteiger partial charge in [-0.2, -0.15) is 13.2 Å². The highest BCUT2D eigenvalue weighted by Crippen LogP contribution is 2.28. The molecule has 0 bridgehead atoms. The average Bonchev–Trinajstić information content (AvgIpc) is 3.25. The number of nitrogens with one attached hydrogen (secondary N) is 3. The number of pyridine rings is 1. The number of halogens is 4. The van der Waals surface area contributed by atoms with Crippen LogP contribution < -0.4 is 10.6 Å². The minimum Gasteiger partial charge on any atom is -0.475 e. The third-order valence-electron chi connectivity index (χ3n) is 4.88. The number of aromatic amines is 1. The van der Waals surface area contributed by atoms with Gasteiger partial charge in [-0.3, -0.25) is 14.6 Å². The first-order valence-corrected chi connectivity index (χ1v) is 10.8. The van der Waals surface area contributed by atoms with Crippen molar-refractivity contribution in [3.05, 3.63) is 59.9 Å². The van der Waals surface area contributed by atoms with E-state index in [1.54, 1.807) is 6.20 Å². The van der Waals surface area contributed by atoms with Gasteiger partial charge >= 0.3 is 12.1 Å². The number of fused-ring (bicyclic) bond motifs is 1. The highest BCUT2D eigenvalue weighted by atomic mass is 35.5. The van der Waals surface area contributed by atoms with E-state index >= 15 is 0 Å². The molecule has 3 heterocycles. The normalized spacial score (nSPS) is 12.6. The van der Waals surface area contributed by atoms with Crippen LogP contribution in [0.1, 0.15) is 22.5 Å². The molecule has 2 aromatic heterocycles. The van der Waals surface area contributed by atoms with Crippen LogP contribution in [0.2, 0.25) is 0 Å². The maximum absolute atomic E-state index is 12.0. The molecule has 0 atom stereocenters. The van der Waals surface area contributed by atoms with Crippen LogP contribution >= 0.6 is 11.6 Å². The number of alkyl halides is 4. The lowest BCUT2D eigenvalue weighted by Crippen LogP contribution is -2.31. The summed E-state index contributed by atoms with van der Waals surface area (Å²) >= 11 is 5.61. The number of H-pyrrole nitrogens is 1. The number of carboxylic acids is 1. The predicted molar refractivity (Wildman–Crippen MR) is 123 cm³/mol. The van der Waals surface area contributed by atoms with Crippen LogP contribution in [0, 0.1) is 0 Å². The van der Waals surface area contributed by atoms with Crippen LogP contribution in [0.15, 0.2) is 48.7 Å². The molecular formula is C23H20ClF3N4O4. The molecule has 1 aliphatic rings. The second-order valence-electron chi connectivity index (χ2n) is 7.38. The highest BCUT2D eigenvalue weighted by molar-refractivity contribution is 6.19. The van der Waals surface area contributed by atoms with Gasteiger partial charge in [0.2, 0.25) is 5.91 Å². The highest BCUT2D eigenvalue weighted by Gasteiger charge is 2.38. The second-order valence-corrected chi connectivity index (χ2v) is 7.76. The van der Waals surface area contributed by atoms with E-state index in [2.05, 4.69) is 20.6 Å². The van der Waals surface area contributed by atoms with Crippen molar-refractivity contribution in [3.63, 3.8) is 0 Å². The van der Waals surface area contributed by atoms with Gasteiger partial charge in [0.15, 0.2) is 0 Å². The molecule has 35 heavy (non-hydrogen) atoms. The number of hydrogen-bond acceptors (Lipinski definition) is 4. The van der Waals surface area contributed by atoms with E-state index in [9.17, 15) is 22.8 Å². The summed E-state index contributed by atoms with van der Waals surface area (Å²) in [6.45, 7) is 0.648. The molecule has 0 saturated heterocycles. The van der Waals surface area contributed by atoms with Crippen molar-refractivity contribution < 1.29 is 32.7 Å². The van der Waals surface area contributed by atoms with Gasteiger partial charge in [0, 0.05) is 59.7 Å². The molecule has 0 fully saturated rings. The van der Waals surface area contributed by atoms with Crippen LogP contribution in [0.3, 0.4) is 0 Å². The predicted octanol–water partition coefficient (Wildman–Crippen LogP) is 4.23. The number of nitrogens with zero attached hydrogens (tertiary/aromatic N) is 1. The Labute approximate surface area is 202 Å². The summed E-state index contributed by atoms with van der Waals surface area (Å²) in [7, 11) is 0. The average molecular weight is 509 g/mol. The minimum atomic E-state index is -5.08. The minimum absolute atomic E-state index is 0.0431. The molecule has 4 N–H and O–H groups in total. The number of amides is 2. The molecule has 0 spiro atoms. The van der Waals surface area contributed by atoms with Gasteiger partial charge in [-0.25, -0.2) is 4.79 Å². The fraction of sp³-hybridized carbons (Fsp3) is 0.217. The summed E-state index contributed by atoms with van der Waals surface area (Å²) in [6, 6.07) is 13.3. The zero-order valence-electron chi connectivity index (χ0n) is 18.1. The fourth-order valence-corrected chi connectivity index (χ4v) is 3.44. The summed E-state index contributed by atoms with van der Waals surface area (Å²) in [6.07, 6.45) is -2.28. The lowest BCUT2D eigenvalue weighted by atomic mass is 10.1. The van der Waals surface area contributed by atoms with Crippen LogP contribution in [0.25, 0.3) is 22.5 Å². The molecule has 2 amide bonds. The van der Waals surface area contributed by atoms with Crippen LogP contribution in [0.5, 0.6) is 0 Å². The molecule has 12 heteroatoms. The van der Waals surface area contributed by atoms with Gasteiger partial charge < -0.3 is 20.7 Å². The molecule has 1 aliphatic heterocycles. The number of rotatable bonds is 5. The first-order chi connectivity index (χ1) is 16.6. The number of carbonyl (C=O) groups is 3. The van der Waals surface area contributed by atoms with Gasteiger partial charge in [0.05, 0.1) is 11.3 Å². The summed E-state index contributed by atoms with van der Waals surface area (Å²) in [5.74, 6) is -2.64. The number of aliphatic carboxylic acids is 1. The first kappa shape index (κ1) is 25.8. The van der Waals surface area contributed by atoms with Gasteiger partial charge in [0.25, 0.3) is 5.91 Å². The Morgan fingerprint density at radius 2 is 1.89 bits per heavy atom. The van der Waals surface area contributed by atoms with Gasteiger partial charge in [-0.15, -0.1) is 11.6 Å². The molecule has 3 aromatic rings. The molecule has 0 radical (unpaired) electrons. The van der Waals surface area contributed by atoms with Crippen molar-refractivity contribution in [2.45, 2.75) is 19.0 Å². The zero-order chi connectivity index (χ0) is 25.6. The number of hydrogen-bond donors (Lipinski definition) is 4. The maximum Gasteiger partial charge on any atom is 0.490 e. The fourth-order valence-electron chi connectivity index (χ4n) is 3.27. The second kappa shape index (κ2) is 11.0. The van der Waals surface area contributed by atoms with E-state index in [4.69, 9.17) is 21.5 Å². The monoisotopic (exact) mass is 508 g/mol. The zero-order valence-corrected chi connectivity index (χ0v) is 18.8. The standard InChI is InChI=1S/C21H19ClN4O2.C2HF3O2/c22-7-4-20(27)25-15-3-1-2-13(10-15)18-11-14(5-8-23-18)19-12-16-17(26-19)6-9-24-21(16)28;3-2(4,5)1(6)7/h1-3,5,8,10-12,26H,4,6-7,9H2,(H,24,28)(H,25,27);(H,6,7). The quantitative estimate of drug-likeness (QED) is 0.384. The summed E-state index contributed by atoms with van der Waals surface area (Å²) in [4.78, 5) is 40.5. The lowest BCUT2D eigenvalue weighted by molar-refractivity contribution is -0.192. The summed E-state index contributed by atoms with van der Waals surface area (Å²) in [5, 5.41) is 12.8. The Morgan fingerprint density at radius 3 is 2.54 bits per heavy atom.